The zero-order chi connectivity index (χ0) is 18.5. The third kappa shape index (κ3) is 4.54. The largest absolute Gasteiger partial charge is 0.378 e. The fraction of sp³-hybridized carbons (Fsp3) is 0.450. The normalized spacial score (nSPS) is 17.4. The minimum atomic E-state index is 0.264. The molecule has 0 bridgehead atoms. The number of ether oxygens (including phenoxy) is 1. The van der Waals surface area contributed by atoms with Crippen molar-refractivity contribution in [3.05, 3.63) is 47.8 Å². The highest BCUT2D eigenvalue weighted by Crippen LogP contribution is 2.17. The Labute approximate surface area is 159 Å². The molecular weight excluding hydrogens is 342 g/mol. The van der Waals surface area contributed by atoms with Crippen molar-refractivity contribution in [3.63, 3.8) is 0 Å². The summed E-state index contributed by atoms with van der Waals surface area (Å²) in [7, 11) is 0. The molecule has 0 unspecified atom stereocenters. The Balaban J connectivity index is 1.32. The summed E-state index contributed by atoms with van der Waals surface area (Å²) in [4.78, 5) is 24.6. The molecule has 2 aliphatic heterocycles. The molecule has 0 atom stereocenters. The molecule has 4 rings (SSSR count). The Morgan fingerprint density at radius 1 is 1.04 bits per heavy atom. The Kier molecular flexibility index (Phi) is 5.48. The fourth-order valence-electron chi connectivity index (χ4n) is 3.46. The molecule has 2 fully saturated rings. The molecule has 0 saturated carbocycles. The SMILES string of the molecule is O=C1CCCN1Cc1ccc(CNc2cc(N3CCOCC3)ncn2)cc1. The van der Waals surface area contributed by atoms with Crippen LogP contribution in [-0.4, -0.2) is 53.6 Å². The van der Waals surface area contributed by atoms with E-state index < -0.39 is 0 Å². The lowest BCUT2D eigenvalue weighted by Gasteiger charge is -2.27. The minimum absolute atomic E-state index is 0.264. The molecule has 0 spiro atoms. The second kappa shape index (κ2) is 8.35. The average Bonchev–Trinajstić information content (AvgIpc) is 3.13. The van der Waals surface area contributed by atoms with Crippen molar-refractivity contribution in [2.75, 3.05) is 43.1 Å². The number of rotatable bonds is 6. The molecule has 1 N–H and O–H groups in total. The van der Waals surface area contributed by atoms with Gasteiger partial charge in [0.1, 0.15) is 18.0 Å². The monoisotopic (exact) mass is 367 g/mol. The van der Waals surface area contributed by atoms with Crippen LogP contribution in [0.5, 0.6) is 0 Å². The minimum Gasteiger partial charge on any atom is -0.378 e. The number of aromatic nitrogens is 2. The second-order valence-corrected chi connectivity index (χ2v) is 6.95. The summed E-state index contributed by atoms with van der Waals surface area (Å²) < 4.78 is 5.39. The summed E-state index contributed by atoms with van der Waals surface area (Å²) in [5.74, 6) is 2.01. The maximum Gasteiger partial charge on any atom is 0.222 e. The van der Waals surface area contributed by atoms with Gasteiger partial charge < -0.3 is 19.9 Å². The molecule has 7 nitrogen and oxygen atoms in total. The van der Waals surface area contributed by atoms with Gasteiger partial charge in [-0.2, -0.15) is 0 Å². The predicted octanol–water partition coefficient (Wildman–Crippen LogP) is 2.05. The van der Waals surface area contributed by atoms with Crippen LogP contribution in [0, 0.1) is 0 Å². The van der Waals surface area contributed by atoms with Gasteiger partial charge in [-0.25, -0.2) is 9.97 Å². The van der Waals surface area contributed by atoms with Gasteiger partial charge in [-0.3, -0.25) is 4.79 Å². The Bertz CT molecular complexity index is 774. The zero-order valence-electron chi connectivity index (χ0n) is 15.4. The van der Waals surface area contributed by atoms with E-state index in [1.54, 1.807) is 6.33 Å². The number of likely N-dealkylation sites (tertiary alicyclic amines) is 1. The first kappa shape index (κ1) is 17.7. The molecule has 2 aliphatic rings. The second-order valence-electron chi connectivity index (χ2n) is 6.95. The highest BCUT2D eigenvalue weighted by Gasteiger charge is 2.19. The Morgan fingerprint density at radius 3 is 2.56 bits per heavy atom. The molecule has 1 aromatic carbocycles. The van der Waals surface area contributed by atoms with Crippen LogP contribution in [0.2, 0.25) is 0 Å². The van der Waals surface area contributed by atoms with E-state index in [0.29, 0.717) is 19.5 Å². The van der Waals surface area contributed by atoms with E-state index in [0.717, 1.165) is 50.9 Å². The van der Waals surface area contributed by atoms with E-state index in [1.807, 2.05) is 11.0 Å². The first-order valence-corrected chi connectivity index (χ1v) is 9.52. The van der Waals surface area contributed by atoms with Gasteiger partial charge in [0.05, 0.1) is 13.2 Å². The number of nitrogens with zero attached hydrogens (tertiary/aromatic N) is 4. The molecule has 1 aromatic heterocycles. The molecule has 1 amide bonds. The van der Waals surface area contributed by atoms with E-state index >= 15 is 0 Å². The molecule has 27 heavy (non-hydrogen) atoms. The number of carbonyl (C=O) groups is 1. The lowest BCUT2D eigenvalue weighted by molar-refractivity contribution is -0.128. The molecule has 7 heteroatoms. The van der Waals surface area contributed by atoms with Gasteiger partial charge in [0, 0.05) is 45.2 Å². The van der Waals surface area contributed by atoms with Crippen molar-refractivity contribution in [3.8, 4) is 0 Å². The van der Waals surface area contributed by atoms with Crippen molar-refractivity contribution in [2.24, 2.45) is 0 Å². The number of benzene rings is 1. The Hall–Kier alpha value is -2.67. The standard InChI is InChI=1S/C20H25N5O2/c26-20-2-1-7-25(20)14-17-5-3-16(4-6-17)13-21-18-12-19(23-15-22-18)24-8-10-27-11-9-24/h3-6,12,15H,1-2,7-11,13-14H2,(H,21,22,23). The molecular formula is C20H25N5O2. The first-order chi connectivity index (χ1) is 13.3. The maximum absolute atomic E-state index is 11.7. The van der Waals surface area contributed by atoms with Crippen LogP contribution >= 0.6 is 0 Å². The Morgan fingerprint density at radius 2 is 1.81 bits per heavy atom. The summed E-state index contributed by atoms with van der Waals surface area (Å²) in [6.07, 6.45) is 3.27. The average molecular weight is 367 g/mol. The molecule has 0 aliphatic carbocycles. The number of nitrogens with one attached hydrogen (secondary N) is 1. The first-order valence-electron chi connectivity index (χ1n) is 9.52. The van der Waals surface area contributed by atoms with Crippen molar-refractivity contribution in [1.82, 2.24) is 14.9 Å². The van der Waals surface area contributed by atoms with Crippen LogP contribution in [0.3, 0.4) is 0 Å². The van der Waals surface area contributed by atoms with Gasteiger partial charge in [-0.15, -0.1) is 0 Å². The lowest BCUT2D eigenvalue weighted by atomic mass is 10.1. The maximum atomic E-state index is 11.7. The van der Waals surface area contributed by atoms with Crippen molar-refractivity contribution < 1.29 is 9.53 Å². The zero-order valence-corrected chi connectivity index (χ0v) is 15.4. The smallest absolute Gasteiger partial charge is 0.222 e. The third-order valence-electron chi connectivity index (χ3n) is 5.03. The summed E-state index contributed by atoms with van der Waals surface area (Å²) >= 11 is 0. The highest BCUT2D eigenvalue weighted by atomic mass is 16.5. The molecule has 0 radical (unpaired) electrons. The van der Waals surface area contributed by atoms with Gasteiger partial charge in [-0.05, 0) is 17.5 Å². The number of amides is 1. The number of hydrogen-bond acceptors (Lipinski definition) is 6. The summed E-state index contributed by atoms with van der Waals surface area (Å²) in [5, 5.41) is 3.37. The van der Waals surface area contributed by atoms with Gasteiger partial charge in [0.15, 0.2) is 0 Å². The van der Waals surface area contributed by atoms with Crippen LogP contribution in [0.15, 0.2) is 36.7 Å². The molecule has 2 aromatic rings. The summed E-state index contributed by atoms with van der Waals surface area (Å²) in [5.41, 5.74) is 2.35. The highest BCUT2D eigenvalue weighted by molar-refractivity contribution is 5.78. The topological polar surface area (TPSA) is 70.6 Å². The number of anilines is 2. The number of carbonyl (C=O) groups excluding carboxylic acids is 1. The van der Waals surface area contributed by atoms with Crippen molar-refractivity contribution in [1.29, 1.82) is 0 Å². The third-order valence-corrected chi connectivity index (χ3v) is 5.03. The summed E-state index contributed by atoms with van der Waals surface area (Å²) in [6.45, 7) is 5.48. The lowest BCUT2D eigenvalue weighted by Crippen LogP contribution is -2.36. The predicted molar refractivity (Wildman–Crippen MR) is 103 cm³/mol. The van der Waals surface area contributed by atoms with E-state index in [1.165, 1.54) is 11.1 Å². The van der Waals surface area contributed by atoms with Crippen LogP contribution in [0.4, 0.5) is 11.6 Å². The van der Waals surface area contributed by atoms with Gasteiger partial charge in [-0.1, -0.05) is 24.3 Å². The van der Waals surface area contributed by atoms with Crippen LogP contribution in [-0.2, 0) is 22.6 Å². The van der Waals surface area contributed by atoms with Gasteiger partial charge in [0.25, 0.3) is 0 Å². The fourth-order valence-corrected chi connectivity index (χ4v) is 3.46. The molecule has 142 valence electrons. The van der Waals surface area contributed by atoms with Crippen LogP contribution in [0.1, 0.15) is 24.0 Å². The van der Waals surface area contributed by atoms with Crippen molar-refractivity contribution in [2.45, 2.75) is 25.9 Å². The van der Waals surface area contributed by atoms with E-state index in [9.17, 15) is 4.79 Å². The summed E-state index contributed by atoms with van der Waals surface area (Å²) in [6, 6.07) is 10.4. The van der Waals surface area contributed by atoms with Crippen molar-refractivity contribution >= 4 is 17.5 Å². The van der Waals surface area contributed by atoms with E-state index in [4.69, 9.17) is 4.74 Å². The van der Waals surface area contributed by atoms with E-state index in [2.05, 4.69) is 44.5 Å². The number of morpholine rings is 1. The van der Waals surface area contributed by atoms with Gasteiger partial charge >= 0.3 is 0 Å². The quantitative estimate of drug-likeness (QED) is 0.843. The van der Waals surface area contributed by atoms with Crippen LogP contribution < -0.4 is 10.2 Å². The number of hydrogen-bond donors (Lipinski definition) is 1. The van der Waals surface area contributed by atoms with Crippen LogP contribution in [0.25, 0.3) is 0 Å². The van der Waals surface area contributed by atoms with Gasteiger partial charge in [0.2, 0.25) is 5.91 Å². The molecule has 3 heterocycles. The molecule has 2 saturated heterocycles. The van der Waals surface area contributed by atoms with E-state index in [-0.39, 0.29) is 5.91 Å².